The average molecular weight is 373 g/mol. The molecule has 1 aromatic carbocycles. The lowest BCUT2D eigenvalue weighted by atomic mass is 9.85. The van der Waals surface area contributed by atoms with E-state index in [4.69, 9.17) is 21.2 Å². The molecule has 9 heteroatoms. The number of piperidine rings is 1. The Morgan fingerprint density at radius 1 is 1.36 bits per heavy atom. The van der Waals surface area contributed by atoms with Crippen LogP contribution < -0.4 is 5.56 Å². The Kier molecular flexibility index (Phi) is 4.91. The zero-order chi connectivity index (χ0) is 18.1. The van der Waals surface area contributed by atoms with Crippen molar-refractivity contribution < 1.29 is 23.2 Å². The minimum absolute atomic E-state index is 0.171. The lowest BCUT2D eigenvalue weighted by Crippen LogP contribution is -2.39. The van der Waals surface area contributed by atoms with Crippen molar-refractivity contribution in [3.63, 3.8) is 0 Å². The SMILES string of the molecule is O=C(O)CN1CCC(c2cc(=O)[nH]o2)CC1c1cc(F)c(Cl)c(F)c1. The summed E-state index contributed by atoms with van der Waals surface area (Å²) in [4.78, 5) is 24.0. The van der Waals surface area contributed by atoms with Crippen LogP contribution in [0.5, 0.6) is 0 Å². The summed E-state index contributed by atoms with van der Waals surface area (Å²) in [6.45, 7) is 0.114. The molecule has 0 saturated carbocycles. The second-order valence-corrected chi connectivity index (χ2v) is 6.39. The standard InChI is InChI=1S/C16H15ClF2N2O4/c17-16-10(18)3-9(4-11(16)19)12-5-8(13-6-14(22)20-25-13)1-2-21(12)7-15(23)24/h3-4,6,8,12H,1-2,5,7H2,(H,20,22)(H,23,24). The monoisotopic (exact) mass is 372 g/mol. The van der Waals surface area contributed by atoms with Crippen LogP contribution in [0.2, 0.25) is 5.02 Å². The number of H-pyrrole nitrogens is 1. The molecule has 0 radical (unpaired) electrons. The molecule has 25 heavy (non-hydrogen) atoms. The van der Waals surface area contributed by atoms with Gasteiger partial charge in [-0.25, -0.2) is 8.78 Å². The zero-order valence-corrected chi connectivity index (χ0v) is 13.7. The van der Waals surface area contributed by atoms with Crippen molar-refractivity contribution in [2.24, 2.45) is 0 Å². The number of nitrogens with zero attached hydrogens (tertiary/aromatic N) is 1. The highest BCUT2D eigenvalue weighted by Crippen LogP contribution is 2.40. The third-order valence-electron chi connectivity index (χ3n) is 4.39. The van der Waals surface area contributed by atoms with Crippen LogP contribution in [-0.4, -0.2) is 34.2 Å². The molecule has 0 bridgehead atoms. The fraction of sp³-hybridized carbons (Fsp3) is 0.375. The summed E-state index contributed by atoms with van der Waals surface area (Å²) in [6, 6.07) is 3.01. The van der Waals surface area contributed by atoms with Crippen LogP contribution in [0.1, 0.15) is 36.1 Å². The summed E-state index contributed by atoms with van der Waals surface area (Å²) in [6.07, 6.45) is 0.914. The number of halogens is 3. The minimum atomic E-state index is -1.04. The van der Waals surface area contributed by atoms with Crippen LogP contribution in [0.3, 0.4) is 0 Å². The normalized spacial score (nSPS) is 21.4. The van der Waals surface area contributed by atoms with Crippen molar-refractivity contribution in [3.8, 4) is 0 Å². The molecule has 6 nitrogen and oxygen atoms in total. The molecule has 1 aliphatic heterocycles. The van der Waals surface area contributed by atoms with Crippen molar-refractivity contribution in [1.29, 1.82) is 0 Å². The first-order valence-corrected chi connectivity index (χ1v) is 8.01. The number of aromatic nitrogens is 1. The molecule has 2 unspecified atom stereocenters. The summed E-state index contributed by atoms with van der Waals surface area (Å²) in [5.74, 6) is -2.56. The first-order valence-electron chi connectivity index (χ1n) is 7.64. The quantitative estimate of drug-likeness (QED) is 0.806. The van der Waals surface area contributed by atoms with Gasteiger partial charge in [0.1, 0.15) is 22.4 Å². The number of rotatable bonds is 4. The minimum Gasteiger partial charge on any atom is -0.480 e. The maximum atomic E-state index is 13.8. The topological polar surface area (TPSA) is 86.5 Å². The third kappa shape index (κ3) is 3.74. The molecule has 0 amide bonds. The van der Waals surface area contributed by atoms with E-state index < -0.39 is 28.7 Å². The molecule has 134 valence electrons. The lowest BCUT2D eigenvalue weighted by Gasteiger charge is -2.38. The fourth-order valence-electron chi connectivity index (χ4n) is 3.25. The van der Waals surface area contributed by atoms with Crippen molar-refractivity contribution in [2.75, 3.05) is 13.1 Å². The van der Waals surface area contributed by atoms with Crippen LogP contribution in [0, 0.1) is 11.6 Å². The van der Waals surface area contributed by atoms with E-state index in [0.717, 1.165) is 12.1 Å². The van der Waals surface area contributed by atoms with Crippen molar-refractivity contribution in [1.82, 2.24) is 10.1 Å². The maximum Gasteiger partial charge on any atom is 0.317 e. The second kappa shape index (κ2) is 6.97. The number of likely N-dealkylation sites (tertiary alicyclic amines) is 1. The van der Waals surface area contributed by atoms with Crippen LogP contribution >= 0.6 is 11.6 Å². The van der Waals surface area contributed by atoms with E-state index in [1.54, 1.807) is 4.90 Å². The van der Waals surface area contributed by atoms with E-state index in [0.29, 0.717) is 30.7 Å². The molecule has 1 aromatic heterocycles. The molecule has 2 heterocycles. The van der Waals surface area contributed by atoms with Crippen LogP contribution in [-0.2, 0) is 4.79 Å². The second-order valence-electron chi connectivity index (χ2n) is 6.01. The molecular formula is C16H15ClF2N2O4. The molecule has 0 spiro atoms. The van der Waals surface area contributed by atoms with Gasteiger partial charge in [-0.05, 0) is 30.5 Å². The van der Waals surface area contributed by atoms with Crippen LogP contribution in [0.4, 0.5) is 8.78 Å². The van der Waals surface area contributed by atoms with Gasteiger partial charge in [0.2, 0.25) is 0 Å². The van der Waals surface area contributed by atoms with Gasteiger partial charge in [0, 0.05) is 24.6 Å². The number of carboxylic acid groups (broad SMARTS) is 1. The molecule has 2 aromatic rings. The van der Waals surface area contributed by atoms with Crippen LogP contribution in [0.15, 0.2) is 27.5 Å². The van der Waals surface area contributed by atoms with Crippen LogP contribution in [0.25, 0.3) is 0 Å². The van der Waals surface area contributed by atoms with Gasteiger partial charge in [0.05, 0.1) is 6.54 Å². The van der Waals surface area contributed by atoms with E-state index in [1.165, 1.54) is 6.07 Å². The molecule has 3 rings (SSSR count). The van der Waals surface area contributed by atoms with E-state index in [1.807, 2.05) is 0 Å². The van der Waals surface area contributed by atoms with E-state index in [2.05, 4.69) is 5.16 Å². The summed E-state index contributed by atoms with van der Waals surface area (Å²) >= 11 is 5.53. The van der Waals surface area contributed by atoms with Gasteiger partial charge in [-0.15, -0.1) is 0 Å². The Hall–Kier alpha value is -2.19. The van der Waals surface area contributed by atoms with Crippen molar-refractivity contribution in [3.05, 3.63) is 56.5 Å². The van der Waals surface area contributed by atoms with E-state index in [9.17, 15) is 18.4 Å². The van der Waals surface area contributed by atoms with Crippen molar-refractivity contribution in [2.45, 2.75) is 24.8 Å². The van der Waals surface area contributed by atoms with Gasteiger partial charge in [0.25, 0.3) is 5.56 Å². The van der Waals surface area contributed by atoms with E-state index in [-0.39, 0.29) is 18.0 Å². The highest BCUT2D eigenvalue weighted by atomic mass is 35.5. The predicted octanol–water partition coefficient (Wildman–Crippen LogP) is 2.90. The highest BCUT2D eigenvalue weighted by Gasteiger charge is 2.34. The summed E-state index contributed by atoms with van der Waals surface area (Å²) in [5.41, 5.74) is -0.0775. The number of hydrogen-bond donors (Lipinski definition) is 2. The summed E-state index contributed by atoms with van der Waals surface area (Å²) < 4.78 is 32.8. The molecule has 2 atom stereocenters. The van der Waals surface area contributed by atoms with Crippen molar-refractivity contribution >= 4 is 17.6 Å². The number of benzene rings is 1. The molecular weight excluding hydrogens is 358 g/mol. The predicted molar refractivity (Wildman–Crippen MR) is 84.6 cm³/mol. The Morgan fingerprint density at radius 3 is 2.60 bits per heavy atom. The number of hydrogen-bond acceptors (Lipinski definition) is 4. The first-order chi connectivity index (χ1) is 11.8. The van der Waals surface area contributed by atoms with Gasteiger partial charge >= 0.3 is 5.97 Å². The van der Waals surface area contributed by atoms with E-state index >= 15 is 0 Å². The Morgan fingerprint density at radius 2 is 2.04 bits per heavy atom. The molecule has 0 aliphatic carbocycles. The lowest BCUT2D eigenvalue weighted by molar-refractivity contribution is -0.139. The van der Waals surface area contributed by atoms with Gasteiger partial charge < -0.3 is 9.63 Å². The number of aliphatic carboxylic acids is 1. The Balaban J connectivity index is 1.94. The van der Waals surface area contributed by atoms with Gasteiger partial charge in [-0.3, -0.25) is 14.5 Å². The first kappa shape index (κ1) is 17.6. The fourth-order valence-corrected chi connectivity index (χ4v) is 3.36. The Labute approximate surface area is 146 Å². The maximum absolute atomic E-state index is 13.8. The van der Waals surface area contributed by atoms with Gasteiger partial charge in [-0.2, -0.15) is 5.16 Å². The smallest absolute Gasteiger partial charge is 0.317 e. The Bertz CT molecular complexity index is 828. The highest BCUT2D eigenvalue weighted by molar-refractivity contribution is 6.30. The number of aromatic amines is 1. The third-order valence-corrected chi connectivity index (χ3v) is 4.75. The molecule has 2 N–H and O–H groups in total. The number of nitrogens with one attached hydrogen (secondary N) is 1. The zero-order valence-electron chi connectivity index (χ0n) is 13.0. The number of carboxylic acids is 1. The van der Waals surface area contributed by atoms with Gasteiger partial charge in [-0.1, -0.05) is 11.6 Å². The average Bonchev–Trinajstić information content (AvgIpc) is 2.98. The molecule has 1 saturated heterocycles. The molecule has 1 fully saturated rings. The largest absolute Gasteiger partial charge is 0.480 e. The summed E-state index contributed by atoms with van der Waals surface area (Å²) in [5, 5.41) is 10.7. The molecule has 1 aliphatic rings. The van der Waals surface area contributed by atoms with Gasteiger partial charge in [0.15, 0.2) is 0 Å². The summed E-state index contributed by atoms with van der Waals surface area (Å²) in [7, 11) is 0. The number of carbonyl (C=O) groups is 1.